The number of piperidine rings is 1. The van der Waals surface area contributed by atoms with Gasteiger partial charge in [0.1, 0.15) is 0 Å². The van der Waals surface area contributed by atoms with Crippen LogP contribution in [0.5, 0.6) is 0 Å². The van der Waals surface area contributed by atoms with Gasteiger partial charge in [-0.15, -0.1) is 12.4 Å². The van der Waals surface area contributed by atoms with Gasteiger partial charge < -0.3 is 10.6 Å². The third-order valence-corrected chi connectivity index (χ3v) is 3.80. The smallest absolute Gasteiger partial charge is 0.255 e. The fourth-order valence-corrected chi connectivity index (χ4v) is 2.88. The highest BCUT2D eigenvalue weighted by Gasteiger charge is 2.23. The topological polar surface area (TPSA) is 46.3 Å². The van der Waals surface area contributed by atoms with Gasteiger partial charge in [-0.05, 0) is 47.0 Å². The number of amides is 1. The lowest BCUT2D eigenvalue weighted by Gasteiger charge is -2.31. The van der Waals surface area contributed by atoms with Crippen molar-refractivity contribution in [3.05, 3.63) is 33.3 Å². The van der Waals surface area contributed by atoms with Crippen LogP contribution in [0.25, 0.3) is 0 Å². The summed E-state index contributed by atoms with van der Waals surface area (Å²) in [7, 11) is 0. The minimum Gasteiger partial charge on any atom is -0.337 e. The Morgan fingerprint density at radius 2 is 2.22 bits per heavy atom. The Morgan fingerprint density at radius 1 is 1.50 bits per heavy atom. The third kappa shape index (κ3) is 3.60. The van der Waals surface area contributed by atoms with Crippen LogP contribution in [0.1, 0.15) is 23.2 Å². The lowest BCUT2D eigenvalue weighted by Crippen LogP contribution is -2.45. The monoisotopic (exact) mass is 352 g/mol. The van der Waals surface area contributed by atoms with Gasteiger partial charge in [0, 0.05) is 28.6 Å². The van der Waals surface area contributed by atoms with E-state index in [9.17, 15) is 4.79 Å². The predicted octanol–water partition coefficient (Wildman–Crippen LogP) is 3.09. The molecule has 2 N–H and O–H groups in total. The van der Waals surface area contributed by atoms with Crippen LogP contribution in [0.2, 0.25) is 5.02 Å². The second kappa shape index (κ2) is 6.75. The molecule has 1 amide bonds. The standard InChI is InChI=1S/C12H14BrClN2O.ClH/c13-11-6-8(14)3-4-10(11)12(17)16-5-1-2-9(15)7-16;/h3-4,6,9H,1-2,5,7,15H2;1H. The molecule has 0 aromatic heterocycles. The first-order chi connectivity index (χ1) is 8.08. The van der Waals surface area contributed by atoms with E-state index in [1.54, 1.807) is 18.2 Å². The highest BCUT2D eigenvalue weighted by molar-refractivity contribution is 9.10. The molecule has 1 saturated heterocycles. The molecule has 1 fully saturated rings. The van der Waals surface area contributed by atoms with Crippen molar-refractivity contribution in [2.45, 2.75) is 18.9 Å². The fourth-order valence-electron chi connectivity index (χ4n) is 2.03. The Balaban J connectivity index is 0.00000162. The quantitative estimate of drug-likeness (QED) is 0.843. The first-order valence-corrected chi connectivity index (χ1v) is 6.75. The van der Waals surface area contributed by atoms with Crippen LogP contribution in [0.15, 0.2) is 22.7 Å². The summed E-state index contributed by atoms with van der Waals surface area (Å²) in [5, 5.41) is 0.615. The number of hydrogen-bond acceptors (Lipinski definition) is 2. The lowest BCUT2D eigenvalue weighted by atomic mass is 10.1. The summed E-state index contributed by atoms with van der Waals surface area (Å²) < 4.78 is 0.731. The zero-order valence-electron chi connectivity index (χ0n) is 9.73. The average Bonchev–Trinajstić information content (AvgIpc) is 2.28. The Hall–Kier alpha value is -0.290. The van der Waals surface area contributed by atoms with Gasteiger partial charge in [-0.3, -0.25) is 4.79 Å². The molecule has 6 heteroatoms. The summed E-state index contributed by atoms with van der Waals surface area (Å²) in [6, 6.07) is 5.30. The van der Waals surface area contributed by atoms with Crippen molar-refractivity contribution in [2.75, 3.05) is 13.1 Å². The van der Waals surface area contributed by atoms with E-state index >= 15 is 0 Å². The van der Waals surface area contributed by atoms with Crippen molar-refractivity contribution >= 4 is 45.8 Å². The summed E-state index contributed by atoms with van der Waals surface area (Å²) in [4.78, 5) is 14.1. The molecule has 100 valence electrons. The number of hydrogen-bond donors (Lipinski definition) is 1. The molecule has 3 nitrogen and oxygen atoms in total. The van der Waals surface area contributed by atoms with Crippen LogP contribution in [-0.2, 0) is 0 Å². The molecule has 0 aliphatic carbocycles. The SMILES string of the molecule is Cl.NC1CCCN(C(=O)c2ccc(Cl)cc2Br)C1. The number of likely N-dealkylation sites (tertiary alicyclic amines) is 1. The molecule has 1 heterocycles. The minimum atomic E-state index is 0. The van der Waals surface area contributed by atoms with Gasteiger partial charge in [0.15, 0.2) is 0 Å². The first kappa shape index (κ1) is 15.8. The Labute approximate surface area is 126 Å². The van der Waals surface area contributed by atoms with Gasteiger partial charge >= 0.3 is 0 Å². The fraction of sp³-hybridized carbons (Fsp3) is 0.417. The molecule has 1 aliphatic heterocycles. The van der Waals surface area contributed by atoms with Gasteiger partial charge in [-0.25, -0.2) is 0 Å². The second-order valence-electron chi connectivity index (χ2n) is 4.28. The van der Waals surface area contributed by atoms with Gasteiger partial charge in [-0.1, -0.05) is 11.6 Å². The number of carbonyl (C=O) groups excluding carboxylic acids is 1. The molecule has 1 atom stereocenters. The summed E-state index contributed by atoms with van der Waals surface area (Å²) in [6.45, 7) is 1.41. The van der Waals surface area contributed by atoms with E-state index in [1.807, 2.05) is 4.90 Å². The molecule has 0 bridgehead atoms. The summed E-state index contributed by atoms with van der Waals surface area (Å²) in [6.07, 6.45) is 1.96. The first-order valence-electron chi connectivity index (χ1n) is 5.58. The van der Waals surface area contributed by atoms with Crippen LogP contribution >= 0.6 is 39.9 Å². The molecular weight excluding hydrogens is 339 g/mol. The van der Waals surface area contributed by atoms with E-state index < -0.39 is 0 Å². The molecule has 2 rings (SSSR count). The maximum atomic E-state index is 12.3. The van der Waals surface area contributed by atoms with Crippen LogP contribution < -0.4 is 5.73 Å². The normalized spacial score (nSPS) is 19.3. The van der Waals surface area contributed by atoms with Crippen molar-refractivity contribution in [1.82, 2.24) is 4.90 Å². The van der Waals surface area contributed by atoms with Crippen molar-refractivity contribution < 1.29 is 4.79 Å². The second-order valence-corrected chi connectivity index (χ2v) is 5.57. The Bertz CT molecular complexity index is 442. The summed E-state index contributed by atoms with van der Waals surface area (Å²) in [5.74, 6) is 0.0173. The summed E-state index contributed by atoms with van der Waals surface area (Å²) >= 11 is 9.22. The Kier molecular flexibility index (Phi) is 5.92. The number of nitrogens with zero attached hydrogens (tertiary/aromatic N) is 1. The molecular formula is C12H15BrCl2N2O. The van der Waals surface area contributed by atoms with Gasteiger partial charge in [-0.2, -0.15) is 0 Å². The van der Waals surface area contributed by atoms with Gasteiger partial charge in [0.25, 0.3) is 5.91 Å². The average molecular weight is 354 g/mol. The summed E-state index contributed by atoms with van der Waals surface area (Å²) in [5.41, 5.74) is 6.52. The highest BCUT2D eigenvalue weighted by Crippen LogP contribution is 2.23. The third-order valence-electron chi connectivity index (χ3n) is 2.91. The Morgan fingerprint density at radius 3 is 2.83 bits per heavy atom. The zero-order valence-corrected chi connectivity index (χ0v) is 12.9. The van der Waals surface area contributed by atoms with E-state index in [4.69, 9.17) is 17.3 Å². The molecule has 0 radical (unpaired) electrons. The number of benzene rings is 1. The zero-order chi connectivity index (χ0) is 12.4. The molecule has 1 aromatic carbocycles. The number of rotatable bonds is 1. The van der Waals surface area contributed by atoms with Crippen LogP contribution in [-0.4, -0.2) is 29.9 Å². The lowest BCUT2D eigenvalue weighted by molar-refractivity contribution is 0.0708. The molecule has 1 aromatic rings. The van der Waals surface area contributed by atoms with Crippen molar-refractivity contribution in [3.63, 3.8) is 0 Å². The van der Waals surface area contributed by atoms with Gasteiger partial charge in [0.2, 0.25) is 0 Å². The van der Waals surface area contributed by atoms with Gasteiger partial charge in [0.05, 0.1) is 5.56 Å². The van der Waals surface area contributed by atoms with Crippen LogP contribution in [0, 0.1) is 0 Å². The van der Waals surface area contributed by atoms with Crippen molar-refractivity contribution in [3.8, 4) is 0 Å². The largest absolute Gasteiger partial charge is 0.337 e. The van der Waals surface area contributed by atoms with E-state index in [0.29, 0.717) is 17.1 Å². The number of nitrogens with two attached hydrogens (primary N) is 1. The van der Waals surface area contributed by atoms with E-state index in [1.165, 1.54) is 0 Å². The predicted molar refractivity (Wildman–Crippen MR) is 79.5 cm³/mol. The van der Waals surface area contributed by atoms with E-state index in [2.05, 4.69) is 15.9 Å². The molecule has 0 spiro atoms. The number of carbonyl (C=O) groups is 1. The maximum absolute atomic E-state index is 12.3. The number of halogens is 3. The molecule has 1 aliphatic rings. The minimum absolute atomic E-state index is 0. The van der Waals surface area contributed by atoms with Crippen LogP contribution in [0.3, 0.4) is 0 Å². The maximum Gasteiger partial charge on any atom is 0.255 e. The van der Waals surface area contributed by atoms with E-state index in [0.717, 1.165) is 23.9 Å². The van der Waals surface area contributed by atoms with Crippen LogP contribution in [0.4, 0.5) is 0 Å². The van der Waals surface area contributed by atoms with Crippen molar-refractivity contribution in [1.29, 1.82) is 0 Å². The van der Waals surface area contributed by atoms with Crippen molar-refractivity contribution in [2.24, 2.45) is 5.73 Å². The molecule has 1 unspecified atom stereocenters. The molecule has 18 heavy (non-hydrogen) atoms. The van der Waals surface area contributed by atoms with E-state index in [-0.39, 0.29) is 24.4 Å². The highest BCUT2D eigenvalue weighted by atomic mass is 79.9. The molecule has 0 saturated carbocycles.